The Morgan fingerprint density at radius 1 is 0.395 bits per heavy atom. The molecule has 7 rings (SSSR count). The Morgan fingerprint density at radius 3 is 0.947 bits per heavy atom. The van der Waals surface area contributed by atoms with E-state index in [2.05, 4.69) is 104 Å². The predicted molar refractivity (Wildman–Crippen MR) is 305 cm³/mol. The molecule has 0 aliphatic rings. The first-order valence-corrected chi connectivity index (χ1v) is 26.3. The SMILES string of the molecule is COc1c(C)cc(C(C)(CC(C)C)c2cc(C)c(OC(=O)c3ccc(-c4ccc(C(=O)Oc5c(C)cc(C(C)(CC(C)C)c6cc(C)c(OC(=O)c7cccc(C(C)=O)c7)c(C)c6)cc5C)cc4)cc3)c(C)c2)cc1C. The van der Waals surface area contributed by atoms with Crippen LogP contribution in [0.1, 0.15) is 170 Å². The molecule has 7 aromatic carbocycles. The van der Waals surface area contributed by atoms with E-state index in [1.165, 1.54) is 18.1 Å². The van der Waals surface area contributed by atoms with Gasteiger partial charge in [-0.25, -0.2) is 14.4 Å². The van der Waals surface area contributed by atoms with E-state index in [1.807, 2.05) is 65.8 Å². The van der Waals surface area contributed by atoms with Crippen LogP contribution in [-0.2, 0) is 10.8 Å². The number of aryl methyl sites for hydroxylation is 8. The maximum atomic E-state index is 13.7. The third kappa shape index (κ3) is 11.9. The highest BCUT2D eigenvalue weighted by atomic mass is 16.5. The molecule has 2 atom stereocenters. The molecule has 0 fully saturated rings. The number of carbonyl (C=O) groups is 4. The van der Waals surface area contributed by atoms with Crippen molar-refractivity contribution >= 4 is 23.7 Å². The molecule has 2 unspecified atom stereocenters. The molecule has 76 heavy (non-hydrogen) atoms. The summed E-state index contributed by atoms with van der Waals surface area (Å²) in [6.07, 6.45) is 1.77. The lowest BCUT2D eigenvalue weighted by atomic mass is 9.70. The van der Waals surface area contributed by atoms with Gasteiger partial charge in [0.05, 0.1) is 23.8 Å². The predicted octanol–water partition coefficient (Wildman–Crippen LogP) is 16.4. The first kappa shape index (κ1) is 56.2. The van der Waals surface area contributed by atoms with Crippen LogP contribution in [0.15, 0.2) is 121 Å². The molecule has 8 heteroatoms. The molecule has 0 saturated carbocycles. The largest absolute Gasteiger partial charge is 0.496 e. The Morgan fingerprint density at radius 2 is 0.671 bits per heavy atom. The van der Waals surface area contributed by atoms with Gasteiger partial charge in [-0.05, 0) is 201 Å². The monoisotopic (exact) mass is 1020 g/mol. The fourth-order valence-corrected chi connectivity index (χ4v) is 11.2. The number of carbonyl (C=O) groups excluding carboxylic acids is 4. The number of ketones is 1. The van der Waals surface area contributed by atoms with E-state index in [0.29, 0.717) is 51.3 Å². The van der Waals surface area contributed by atoms with Gasteiger partial charge in [0.2, 0.25) is 0 Å². The van der Waals surface area contributed by atoms with Crippen molar-refractivity contribution in [3.63, 3.8) is 0 Å². The van der Waals surface area contributed by atoms with Crippen molar-refractivity contribution in [2.45, 2.75) is 128 Å². The van der Waals surface area contributed by atoms with Gasteiger partial charge in [-0.3, -0.25) is 4.79 Å². The fraction of sp³-hybridized carbons (Fsp3) is 0.324. The van der Waals surface area contributed by atoms with Gasteiger partial charge in [-0.15, -0.1) is 0 Å². The van der Waals surface area contributed by atoms with Crippen LogP contribution in [0.4, 0.5) is 0 Å². The Hall–Kier alpha value is -7.58. The number of rotatable bonds is 17. The van der Waals surface area contributed by atoms with Gasteiger partial charge < -0.3 is 18.9 Å². The molecule has 0 heterocycles. The maximum absolute atomic E-state index is 13.7. The van der Waals surface area contributed by atoms with Gasteiger partial charge in [-0.2, -0.15) is 0 Å². The molecule has 394 valence electrons. The number of hydrogen-bond donors (Lipinski definition) is 0. The third-order valence-corrected chi connectivity index (χ3v) is 14.9. The van der Waals surface area contributed by atoms with Crippen LogP contribution in [-0.4, -0.2) is 30.8 Å². The van der Waals surface area contributed by atoms with Gasteiger partial charge in [0.15, 0.2) is 5.78 Å². The summed E-state index contributed by atoms with van der Waals surface area (Å²) >= 11 is 0. The van der Waals surface area contributed by atoms with Crippen LogP contribution in [0.3, 0.4) is 0 Å². The molecule has 0 bridgehead atoms. The molecule has 0 N–H and O–H groups in total. The van der Waals surface area contributed by atoms with E-state index < -0.39 is 23.3 Å². The van der Waals surface area contributed by atoms with Crippen molar-refractivity contribution in [3.8, 4) is 34.1 Å². The molecule has 0 aliphatic heterocycles. The minimum absolute atomic E-state index is 0.123. The molecule has 0 amide bonds. The highest BCUT2D eigenvalue weighted by Gasteiger charge is 2.34. The highest BCUT2D eigenvalue weighted by Crippen LogP contribution is 2.45. The van der Waals surface area contributed by atoms with Crippen molar-refractivity contribution in [1.29, 1.82) is 0 Å². The second-order valence-corrected chi connectivity index (χ2v) is 22.3. The Bertz CT molecular complexity index is 3260. The van der Waals surface area contributed by atoms with Crippen LogP contribution in [0, 0.1) is 67.2 Å². The van der Waals surface area contributed by atoms with Gasteiger partial charge >= 0.3 is 17.9 Å². The molecular formula is C68H74O8. The van der Waals surface area contributed by atoms with Gasteiger partial charge in [-0.1, -0.05) is 126 Å². The van der Waals surface area contributed by atoms with E-state index >= 15 is 0 Å². The highest BCUT2D eigenvalue weighted by molar-refractivity contribution is 5.98. The lowest BCUT2D eigenvalue weighted by Crippen LogP contribution is -2.27. The van der Waals surface area contributed by atoms with Crippen LogP contribution in [0.2, 0.25) is 0 Å². The summed E-state index contributed by atoms with van der Waals surface area (Å²) in [6.45, 7) is 30.9. The van der Waals surface area contributed by atoms with Gasteiger partial charge in [0.25, 0.3) is 0 Å². The van der Waals surface area contributed by atoms with Crippen molar-refractivity contribution in [3.05, 3.63) is 210 Å². The van der Waals surface area contributed by atoms with Gasteiger partial charge in [0, 0.05) is 16.4 Å². The van der Waals surface area contributed by atoms with Crippen molar-refractivity contribution in [1.82, 2.24) is 0 Å². The summed E-state index contributed by atoms with van der Waals surface area (Å²) in [7, 11) is 1.72. The van der Waals surface area contributed by atoms with E-state index in [4.69, 9.17) is 18.9 Å². The molecule has 0 aliphatic carbocycles. The fourth-order valence-electron chi connectivity index (χ4n) is 11.2. The zero-order chi connectivity index (χ0) is 55.6. The van der Waals surface area contributed by atoms with Crippen LogP contribution >= 0.6 is 0 Å². The molecule has 0 aromatic heterocycles. The number of benzene rings is 7. The number of ether oxygens (including phenoxy) is 4. The standard InChI is InChI=1S/C68H74O8/c1-39(2)37-67(14,56-28-41(5)60(73-16)42(6)29-56)57-30-43(7)61(44(8)31-57)74-64(70)52-24-20-50(21-25-52)51-22-26-53(27-23-51)65(71)75-62-45(9)32-58(33-46(62)10)68(15,38-40(3)4)59-34-47(11)63(48(12)35-59)76-66(72)55-19-17-18-54(36-55)49(13)69/h17-36,39-40H,37-38H2,1-16H3. The summed E-state index contributed by atoms with van der Waals surface area (Å²) in [4.78, 5) is 52.7. The first-order chi connectivity index (χ1) is 35.8. The second-order valence-electron chi connectivity index (χ2n) is 22.3. The zero-order valence-electron chi connectivity index (χ0n) is 47.4. The normalized spacial score (nSPS) is 13.0. The number of esters is 3. The van der Waals surface area contributed by atoms with Crippen molar-refractivity contribution < 1.29 is 38.1 Å². The summed E-state index contributed by atoms with van der Waals surface area (Å²) in [5, 5.41) is 0. The number of hydrogen-bond acceptors (Lipinski definition) is 8. The molecule has 0 radical (unpaired) electrons. The average molecular weight is 1020 g/mol. The topological polar surface area (TPSA) is 105 Å². The Kier molecular flexibility index (Phi) is 16.8. The third-order valence-electron chi connectivity index (χ3n) is 14.9. The van der Waals surface area contributed by atoms with Crippen molar-refractivity contribution in [2.75, 3.05) is 7.11 Å². The van der Waals surface area contributed by atoms with Gasteiger partial charge in [0.1, 0.15) is 23.0 Å². The van der Waals surface area contributed by atoms with Crippen LogP contribution in [0.5, 0.6) is 23.0 Å². The summed E-state index contributed by atoms with van der Waals surface area (Å²) in [6, 6.07) is 38.3. The number of methoxy groups -OCH3 is 1. The minimum Gasteiger partial charge on any atom is -0.496 e. The van der Waals surface area contributed by atoms with Crippen molar-refractivity contribution in [2.24, 2.45) is 11.8 Å². The average Bonchev–Trinajstić information content (AvgIpc) is 3.36. The molecule has 7 aromatic rings. The zero-order valence-corrected chi connectivity index (χ0v) is 47.4. The molecular weight excluding hydrogens is 945 g/mol. The Labute approximate surface area is 450 Å². The summed E-state index contributed by atoms with van der Waals surface area (Å²) in [5.41, 5.74) is 14.5. The van der Waals surface area contributed by atoms with Crippen LogP contribution < -0.4 is 18.9 Å². The summed E-state index contributed by atoms with van der Waals surface area (Å²) in [5.74, 6) is 1.71. The quantitative estimate of drug-likeness (QED) is 0.0505. The molecule has 8 nitrogen and oxygen atoms in total. The lowest BCUT2D eigenvalue weighted by Gasteiger charge is -2.34. The van der Waals surface area contributed by atoms with Crippen LogP contribution in [0.25, 0.3) is 11.1 Å². The summed E-state index contributed by atoms with van der Waals surface area (Å²) < 4.78 is 23.9. The van der Waals surface area contributed by atoms with E-state index in [-0.39, 0.29) is 11.2 Å². The smallest absolute Gasteiger partial charge is 0.343 e. The van der Waals surface area contributed by atoms with E-state index in [1.54, 1.807) is 55.6 Å². The molecule has 0 spiro atoms. The van der Waals surface area contributed by atoms with E-state index in [0.717, 1.165) is 85.4 Å². The second kappa shape index (κ2) is 22.7. The first-order valence-electron chi connectivity index (χ1n) is 26.3. The van der Waals surface area contributed by atoms with E-state index in [9.17, 15) is 19.2 Å². The molecule has 0 saturated heterocycles. The lowest BCUT2D eigenvalue weighted by molar-refractivity contribution is 0.0722. The number of Topliss-reactive ketones (excluding diaryl/α,β-unsaturated/α-hetero) is 1. The maximum Gasteiger partial charge on any atom is 0.343 e. The Balaban J connectivity index is 1.04. The minimum atomic E-state index is -0.522.